The summed E-state index contributed by atoms with van der Waals surface area (Å²) < 4.78 is 58.9. The van der Waals surface area contributed by atoms with Gasteiger partial charge in [0.25, 0.3) is 0 Å². The number of methoxy groups -OCH3 is 1. The quantitative estimate of drug-likeness (QED) is 0.107. The third kappa shape index (κ3) is 10.4. The molecular formula is C44H53ClN8O8S. The summed E-state index contributed by atoms with van der Waals surface area (Å²) in [6, 6.07) is 18.1. The van der Waals surface area contributed by atoms with Crippen molar-refractivity contribution in [3.63, 3.8) is 0 Å². The minimum atomic E-state index is -3.68. The molecule has 0 spiro atoms. The molecule has 0 unspecified atom stereocenters. The van der Waals surface area contributed by atoms with Gasteiger partial charge >= 0.3 is 0 Å². The zero-order valence-corrected chi connectivity index (χ0v) is 37.3. The van der Waals surface area contributed by atoms with Crippen LogP contribution >= 0.6 is 11.6 Å². The number of hydrogen-bond acceptors (Lipinski definition) is 13. The first-order chi connectivity index (χ1) is 29.9. The highest BCUT2D eigenvalue weighted by Gasteiger charge is 2.32. The van der Waals surface area contributed by atoms with E-state index in [4.69, 9.17) is 40.1 Å². The molecule has 4 heterocycles. The number of benzene rings is 3. The van der Waals surface area contributed by atoms with Crippen molar-refractivity contribution < 1.29 is 36.7 Å². The van der Waals surface area contributed by atoms with Crippen molar-refractivity contribution in [2.45, 2.75) is 45.1 Å². The van der Waals surface area contributed by atoms with Gasteiger partial charge in [-0.2, -0.15) is 4.31 Å². The Morgan fingerprint density at radius 3 is 2.24 bits per heavy atom. The maximum atomic E-state index is 13.7. The number of piperazine rings is 1. The van der Waals surface area contributed by atoms with Crippen molar-refractivity contribution >= 4 is 33.2 Å². The summed E-state index contributed by atoms with van der Waals surface area (Å²) in [5, 5.41) is 16.4. The lowest BCUT2D eigenvalue weighted by Crippen LogP contribution is -2.49. The highest BCUT2D eigenvalue weighted by atomic mass is 35.5. The van der Waals surface area contributed by atoms with Crippen LogP contribution in [0.2, 0.25) is 5.02 Å². The van der Waals surface area contributed by atoms with E-state index >= 15 is 0 Å². The molecule has 18 heteroatoms. The molecule has 62 heavy (non-hydrogen) atoms. The molecule has 2 aromatic heterocycles. The minimum absolute atomic E-state index is 0.0576. The number of ether oxygens (including phenoxy) is 4. The van der Waals surface area contributed by atoms with Gasteiger partial charge in [-0.3, -0.25) is 19.3 Å². The van der Waals surface area contributed by atoms with Crippen molar-refractivity contribution in [3.05, 3.63) is 105 Å². The molecule has 1 atom stereocenters. The summed E-state index contributed by atoms with van der Waals surface area (Å²) in [6.45, 7) is 12.9. The van der Waals surface area contributed by atoms with Crippen molar-refractivity contribution in [1.29, 1.82) is 0 Å². The summed E-state index contributed by atoms with van der Waals surface area (Å²) in [6.07, 6.45) is 0.0576. The number of aromatic nitrogens is 4. The fraction of sp³-hybridized carbons (Fsp3) is 0.432. The number of fused-ring (bicyclic) bond motifs is 3. The average Bonchev–Trinajstić information content (AvgIpc) is 3.78. The number of aliphatic imine (C=N–C) groups is 1. The molecule has 2 aliphatic heterocycles. The molecule has 0 radical (unpaired) electrons. The number of halogens is 1. The molecule has 0 saturated carbocycles. The third-order valence-corrected chi connectivity index (χ3v) is 13.2. The van der Waals surface area contributed by atoms with Gasteiger partial charge in [-0.1, -0.05) is 41.0 Å². The van der Waals surface area contributed by atoms with Gasteiger partial charge in [-0.25, -0.2) is 8.42 Å². The van der Waals surface area contributed by atoms with E-state index in [0.29, 0.717) is 123 Å². The third-order valence-electron chi connectivity index (χ3n) is 11.0. The predicted octanol–water partition coefficient (Wildman–Crippen LogP) is 5.27. The van der Waals surface area contributed by atoms with Gasteiger partial charge in [0.1, 0.15) is 23.4 Å². The molecule has 1 fully saturated rings. The second-order valence-electron chi connectivity index (χ2n) is 15.1. The molecule has 1 N–H and O–H groups in total. The Balaban J connectivity index is 0.781. The number of carbonyl (C=O) groups excluding carboxylic acids is 1. The van der Waals surface area contributed by atoms with Crippen LogP contribution in [0.1, 0.15) is 52.3 Å². The number of nitrogens with zero attached hydrogens (tertiary/aromatic N) is 7. The van der Waals surface area contributed by atoms with Crippen LogP contribution in [0.4, 0.5) is 0 Å². The average molecular weight is 889 g/mol. The number of amides is 1. The number of sulfonamides is 1. The van der Waals surface area contributed by atoms with E-state index in [-0.39, 0.29) is 12.3 Å². The molecule has 0 bridgehead atoms. The van der Waals surface area contributed by atoms with Crippen LogP contribution in [0.25, 0.3) is 16.8 Å². The van der Waals surface area contributed by atoms with E-state index in [1.165, 1.54) is 0 Å². The van der Waals surface area contributed by atoms with E-state index in [2.05, 4.69) is 25.6 Å². The van der Waals surface area contributed by atoms with Crippen molar-refractivity contribution in [2.75, 3.05) is 86.0 Å². The summed E-state index contributed by atoms with van der Waals surface area (Å²) in [5.74, 6) is 2.38. The number of carbonyl (C=O) groups is 1. The van der Waals surface area contributed by atoms with Crippen LogP contribution in [0.5, 0.6) is 5.75 Å². The Kier molecular flexibility index (Phi) is 14.9. The molecule has 0 aliphatic carbocycles. The molecule has 7 rings (SSSR count). The van der Waals surface area contributed by atoms with Crippen LogP contribution in [0.15, 0.2) is 75.1 Å². The molecule has 3 aromatic carbocycles. The lowest BCUT2D eigenvalue weighted by Gasteiger charge is -2.34. The van der Waals surface area contributed by atoms with E-state index in [1.807, 2.05) is 86.9 Å². The lowest BCUT2D eigenvalue weighted by atomic mass is 10.00. The van der Waals surface area contributed by atoms with Crippen LogP contribution in [-0.4, -0.2) is 135 Å². The standard InChI is InChI=1S/C44H53ClN8O8S/c1-29-6-7-34(42-30(2)50-61-31(42)3)26-40(29)62(55,56)52-17-15-51(16-18-52)19-21-59-23-25-60-24-22-58-20-14-46-41(54)28-38-44-49-48-32(4)53(44)39-13-12-36(57-5)27-37(39)43(47-38)33-8-10-35(45)11-9-33/h6-13,26-27,38H,14-25,28H2,1-5H3,(H,46,54)/t38-/m0/s1. The first-order valence-corrected chi connectivity index (χ1v) is 22.5. The highest BCUT2D eigenvalue weighted by molar-refractivity contribution is 7.89. The number of hydrogen-bond donors (Lipinski definition) is 1. The minimum Gasteiger partial charge on any atom is -0.497 e. The fourth-order valence-electron chi connectivity index (χ4n) is 7.68. The first-order valence-electron chi connectivity index (χ1n) is 20.7. The summed E-state index contributed by atoms with van der Waals surface area (Å²) in [7, 11) is -2.06. The zero-order chi connectivity index (χ0) is 43.8. The summed E-state index contributed by atoms with van der Waals surface area (Å²) >= 11 is 6.21. The van der Waals surface area contributed by atoms with Gasteiger partial charge in [0.2, 0.25) is 15.9 Å². The van der Waals surface area contributed by atoms with Crippen molar-refractivity contribution in [2.24, 2.45) is 4.99 Å². The van der Waals surface area contributed by atoms with E-state index in [0.717, 1.165) is 33.6 Å². The van der Waals surface area contributed by atoms with Gasteiger partial charge in [0.05, 0.1) is 75.2 Å². The van der Waals surface area contributed by atoms with Crippen molar-refractivity contribution in [1.82, 2.24) is 34.4 Å². The molecule has 16 nitrogen and oxygen atoms in total. The van der Waals surface area contributed by atoms with Crippen LogP contribution < -0.4 is 10.1 Å². The van der Waals surface area contributed by atoms with E-state index < -0.39 is 16.1 Å². The number of aryl methyl sites for hydroxylation is 4. The molecule has 2 aliphatic rings. The Labute approximate surface area is 367 Å². The van der Waals surface area contributed by atoms with Crippen LogP contribution in [-0.2, 0) is 29.0 Å². The first kappa shape index (κ1) is 45.0. The van der Waals surface area contributed by atoms with Crippen LogP contribution in [0, 0.1) is 27.7 Å². The van der Waals surface area contributed by atoms with Crippen LogP contribution in [0.3, 0.4) is 0 Å². The number of nitrogens with one attached hydrogen (secondary N) is 1. The highest BCUT2D eigenvalue weighted by Crippen LogP contribution is 2.35. The molecule has 5 aromatic rings. The maximum Gasteiger partial charge on any atom is 0.243 e. The van der Waals surface area contributed by atoms with Gasteiger partial charge in [0, 0.05) is 61.0 Å². The Bertz CT molecular complexity index is 2460. The summed E-state index contributed by atoms with van der Waals surface area (Å²) in [4.78, 5) is 20.9. The fourth-order valence-corrected chi connectivity index (χ4v) is 9.48. The molecular weight excluding hydrogens is 836 g/mol. The van der Waals surface area contributed by atoms with E-state index in [1.54, 1.807) is 17.5 Å². The SMILES string of the molecule is COc1ccc2c(c1)C(c1ccc(Cl)cc1)=N[C@@H](CC(=O)NCCOCCOCCOCCN1CCN(S(=O)(=O)c3cc(-c4c(C)noc4C)ccc3C)CC1)c1nnc(C)n1-2. The topological polar surface area (TPSA) is 176 Å². The predicted molar refractivity (Wildman–Crippen MR) is 234 cm³/mol. The molecule has 1 amide bonds. The molecule has 1 saturated heterocycles. The smallest absolute Gasteiger partial charge is 0.243 e. The van der Waals surface area contributed by atoms with Gasteiger partial charge in [0.15, 0.2) is 5.82 Å². The zero-order valence-electron chi connectivity index (χ0n) is 35.7. The Morgan fingerprint density at radius 2 is 1.55 bits per heavy atom. The van der Waals surface area contributed by atoms with Crippen molar-refractivity contribution in [3.8, 4) is 22.6 Å². The van der Waals surface area contributed by atoms with Gasteiger partial charge in [-0.15, -0.1) is 10.2 Å². The largest absolute Gasteiger partial charge is 0.497 e. The Morgan fingerprint density at radius 1 is 0.855 bits per heavy atom. The van der Waals surface area contributed by atoms with Gasteiger partial charge < -0.3 is 28.8 Å². The second kappa shape index (κ2) is 20.4. The maximum absolute atomic E-state index is 13.7. The lowest BCUT2D eigenvalue weighted by molar-refractivity contribution is -0.121. The normalized spacial score (nSPS) is 15.8. The van der Waals surface area contributed by atoms with E-state index in [9.17, 15) is 13.2 Å². The summed E-state index contributed by atoms with van der Waals surface area (Å²) in [5.41, 5.74) is 6.24. The van der Waals surface area contributed by atoms with Gasteiger partial charge in [-0.05, 0) is 75.2 Å². The number of rotatable bonds is 19. The molecule has 330 valence electrons. The monoisotopic (exact) mass is 888 g/mol. The Hall–Kier alpha value is -5.01. The second-order valence-corrected chi connectivity index (χ2v) is 17.5.